The number of hydrogen-bond donors (Lipinski definition) is 1. The lowest BCUT2D eigenvalue weighted by molar-refractivity contribution is 0.585. The summed E-state index contributed by atoms with van der Waals surface area (Å²) in [4.78, 5) is 5.13. The van der Waals surface area contributed by atoms with Gasteiger partial charge in [0.15, 0.2) is 0 Å². The summed E-state index contributed by atoms with van der Waals surface area (Å²) >= 11 is 0. The highest BCUT2D eigenvalue weighted by molar-refractivity contribution is 6.03. The molecule has 1 N–H and O–H groups in total. The molecule has 2 atom stereocenters. The van der Waals surface area contributed by atoms with Gasteiger partial charge in [0.2, 0.25) is 0 Å². The molecular formula is C36H34N2O. The van der Waals surface area contributed by atoms with Crippen LogP contribution in [0.1, 0.15) is 30.5 Å². The maximum absolute atomic E-state index is 6.64. The fraction of sp³-hybridized carbons (Fsp3) is 0.194. The Labute approximate surface area is 230 Å². The molecular weight excluding hydrogens is 476 g/mol. The Hall–Kier alpha value is -4.37. The van der Waals surface area contributed by atoms with Gasteiger partial charge in [-0.15, -0.1) is 0 Å². The van der Waals surface area contributed by atoms with Crippen molar-refractivity contribution in [1.29, 1.82) is 0 Å². The standard InChI is InChI=1S/C36H34N2O/c1-22-10-6-7-15-29(22)34-30-18-16-27(37-35-23(2)11-8-12-24(35)3)20-32(30)39-33-21-28(17-19-31(33)34)38-36-25(4)13-9-14-26(36)5/h6-21,23,35,38H,1-5H3. The lowest BCUT2D eigenvalue weighted by Crippen LogP contribution is -2.21. The predicted molar refractivity (Wildman–Crippen MR) is 164 cm³/mol. The van der Waals surface area contributed by atoms with Gasteiger partial charge in [-0.3, -0.25) is 4.99 Å². The van der Waals surface area contributed by atoms with Gasteiger partial charge in [0.05, 0.1) is 11.4 Å². The third kappa shape index (κ3) is 4.70. The van der Waals surface area contributed by atoms with Crippen molar-refractivity contribution in [1.82, 2.24) is 0 Å². The van der Waals surface area contributed by atoms with E-state index in [9.17, 15) is 0 Å². The molecule has 3 aromatic rings. The first kappa shape index (κ1) is 24.9. The minimum Gasteiger partial charge on any atom is -0.456 e. The molecule has 39 heavy (non-hydrogen) atoms. The number of para-hydroxylation sites is 1. The number of benzene rings is 4. The Morgan fingerprint density at radius 1 is 0.769 bits per heavy atom. The second-order valence-electron chi connectivity index (χ2n) is 10.8. The van der Waals surface area contributed by atoms with Gasteiger partial charge in [-0.25, -0.2) is 0 Å². The zero-order chi connectivity index (χ0) is 27.1. The maximum Gasteiger partial charge on any atom is 0.137 e. The van der Waals surface area contributed by atoms with Crippen molar-refractivity contribution in [2.75, 3.05) is 5.32 Å². The van der Waals surface area contributed by atoms with Gasteiger partial charge in [0.1, 0.15) is 11.3 Å². The molecule has 0 fully saturated rings. The van der Waals surface area contributed by atoms with Crippen molar-refractivity contribution >= 4 is 22.3 Å². The first-order valence-electron chi connectivity index (χ1n) is 13.7. The summed E-state index contributed by atoms with van der Waals surface area (Å²) in [5.74, 6) is 1.20. The van der Waals surface area contributed by atoms with E-state index in [1.807, 2.05) is 0 Å². The number of fused-ring (bicyclic) bond motifs is 2. The average molecular weight is 511 g/mol. The van der Waals surface area contributed by atoms with Gasteiger partial charge in [0, 0.05) is 45.9 Å². The molecule has 0 radical (unpaired) electrons. The monoisotopic (exact) mass is 510 g/mol. The van der Waals surface area contributed by atoms with Crippen LogP contribution in [0.3, 0.4) is 0 Å². The van der Waals surface area contributed by atoms with Gasteiger partial charge in [0.25, 0.3) is 0 Å². The fourth-order valence-corrected chi connectivity index (χ4v) is 5.72. The molecule has 1 aliphatic heterocycles. The molecule has 3 nitrogen and oxygen atoms in total. The van der Waals surface area contributed by atoms with Crippen LogP contribution in [0.4, 0.5) is 11.4 Å². The average Bonchev–Trinajstić information content (AvgIpc) is 2.92. The van der Waals surface area contributed by atoms with E-state index in [1.54, 1.807) is 0 Å². The van der Waals surface area contributed by atoms with E-state index >= 15 is 0 Å². The summed E-state index contributed by atoms with van der Waals surface area (Å²) < 4.78 is 6.64. The lowest BCUT2D eigenvalue weighted by atomic mass is 9.90. The number of rotatable bonds is 4. The molecule has 0 bridgehead atoms. The number of aryl methyl sites for hydroxylation is 3. The number of nitrogens with zero attached hydrogens (tertiary/aromatic N) is 1. The highest BCUT2D eigenvalue weighted by atomic mass is 16.3. The highest BCUT2D eigenvalue weighted by Gasteiger charge is 2.20. The third-order valence-corrected chi connectivity index (χ3v) is 7.90. The molecule has 0 amide bonds. The third-order valence-electron chi connectivity index (χ3n) is 7.90. The fourth-order valence-electron chi connectivity index (χ4n) is 5.72. The summed E-state index contributed by atoms with van der Waals surface area (Å²) in [7, 11) is 0. The predicted octanol–water partition coefficient (Wildman–Crippen LogP) is 9.29. The Balaban J connectivity index is 1.56. The Morgan fingerprint density at radius 3 is 2.31 bits per heavy atom. The first-order chi connectivity index (χ1) is 18.9. The Kier molecular flexibility index (Phi) is 6.44. The minimum absolute atomic E-state index is 0.136. The van der Waals surface area contributed by atoms with Gasteiger partial charge in [-0.05, 0) is 79.8 Å². The quantitative estimate of drug-likeness (QED) is 0.245. The van der Waals surface area contributed by atoms with Crippen molar-refractivity contribution in [3.8, 4) is 22.5 Å². The van der Waals surface area contributed by atoms with Crippen LogP contribution in [0.15, 0.2) is 112 Å². The van der Waals surface area contributed by atoms with Gasteiger partial charge < -0.3 is 9.73 Å². The van der Waals surface area contributed by atoms with Gasteiger partial charge in [-0.1, -0.05) is 67.6 Å². The zero-order valence-electron chi connectivity index (χ0n) is 23.2. The highest BCUT2D eigenvalue weighted by Crippen LogP contribution is 2.42. The molecule has 3 heteroatoms. The number of allylic oxidation sites excluding steroid dienone is 2. The minimum atomic E-state index is 0.136. The molecule has 0 saturated carbocycles. The van der Waals surface area contributed by atoms with Crippen molar-refractivity contribution in [3.05, 3.63) is 125 Å². The van der Waals surface area contributed by atoms with Crippen LogP contribution in [0.2, 0.25) is 0 Å². The van der Waals surface area contributed by atoms with E-state index in [-0.39, 0.29) is 6.04 Å². The molecule has 2 unspecified atom stereocenters. The van der Waals surface area contributed by atoms with E-state index in [0.717, 1.165) is 39.0 Å². The first-order valence-corrected chi connectivity index (χ1v) is 13.7. The molecule has 6 rings (SSSR count). The number of anilines is 2. The molecule has 0 spiro atoms. The van der Waals surface area contributed by atoms with Crippen LogP contribution in [0, 0.1) is 26.7 Å². The molecule has 2 aliphatic carbocycles. The lowest BCUT2D eigenvalue weighted by Gasteiger charge is -2.21. The van der Waals surface area contributed by atoms with Gasteiger partial charge in [-0.2, -0.15) is 0 Å². The topological polar surface area (TPSA) is 37.5 Å². The van der Waals surface area contributed by atoms with Crippen LogP contribution in [0.5, 0.6) is 0 Å². The van der Waals surface area contributed by atoms with Gasteiger partial charge >= 0.3 is 0 Å². The molecule has 3 aromatic carbocycles. The Morgan fingerprint density at radius 2 is 1.54 bits per heavy atom. The SMILES string of the molecule is CC1=CC=CC(C)C1N=c1ccc2c(-c3ccccc3C)c3ccc(Nc4c(C)cccc4C)cc3oc-2c1. The van der Waals surface area contributed by atoms with E-state index in [1.165, 1.54) is 33.4 Å². The molecule has 194 valence electrons. The number of nitrogens with one attached hydrogen (secondary N) is 1. The van der Waals surface area contributed by atoms with E-state index in [4.69, 9.17) is 9.41 Å². The van der Waals surface area contributed by atoms with Crippen LogP contribution < -0.4 is 10.7 Å². The summed E-state index contributed by atoms with van der Waals surface area (Å²) in [5, 5.41) is 5.67. The summed E-state index contributed by atoms with van der Waals surface area (Å²) in [5.41, 5.74) is 11.4. The van der Waals surface area contributed by atoms with Crippen molar-refractivity contribution in [3.63, 3.8) is 0 Å². The summed E-state index contributed by atoms with van der Waals surface area (Å²) in [6.07, 6.45) is 6.52. The van der Waals surface area contributed by atoms with Crippen molar-refractivity contribution < 1.29 is 4.42 Å². The van der Waals surface area contributed by atoms with Crippen molar-refractivity contribution in [2.45, 2.75) is 40.7 Å². The molecule has 0 saturated heterocycles. The van der Waals surface area contributed by atoms with Crippen LogP contribution >= 0.6 is 0 Å². The summed E-state index contributed by atoms with van der Waals surface area (Å²) in [6, 6.07) is 27.9. The molecule has 3 aliphatic rings. The van der Waals surface area contributed by atoms with Crippen LogP contribution in [-0.2, 0) is 0 Å². The second kappa shape index (κ2) is 10.1. The zero-order valence-corrected chi connectivity index (χ0v) is 23.2. The summed E-state index contributed by atoms with van der Waals surface area (Å²) in [6.45, 7) is 10.8. The van der Waals surface area contributed by atoms with E-state index in [0.29, 0.717) is 5.92 Å². The van der Waals surface area contributed by atoms with Crippen molar-refractivity contribution in [2.24, 2.45) is 10.9 Å². The molecule has 0 aromatic heterocycles. The largest absolute Gasteiger partial charge is 0.456 e. The smallest absolute Gasteiger partial charge is 0.137 e. The van der Waals surface area contributed by atoms with E-state index < -0.39 is 0 Å². The number of hydrogen-bond acceptors (Lipinski definition) is 3. The van der Waals surface area contributed by atoms with Crippen LogP contribution in [-0.4, -0.2) is 6.04 Å². The Bertz CT molecular complexity index is 1780. The second-order valence-corrected chi connectivity index (χ2v) is 10.8. The maximum atomic E-state index is 6.64. The normalized spacial score (nSPS) is 17.6. The molecule has 1 heterocycles. The van der Waals surface area contributed by atoms with E-state index in [2.05, 4.69) is 137 Å². The van der Waals surface area contributed by atoms with Crippen LogP contribution in [0.25, 0.3) is 33.4 Å².